The predicted molar refractivity (Wildman–Crippen MR) is 91.6 cm³/mol. The zero-order valence-electron chi connectivity index (χ0n) is 13.3. The van der Waals surface area contributed by atoms with E-state index in [1.807, 2.05) is 13.0 Å². The molecule has 126 valence electrons. The summed E-state index contributed by atoms with van der Waals surface area (Å²) in [5, 5.41) is 6.23. The molecule has 23 heavy (non-hydrogen) atoms. The molecule has 1 saturated heterocycles. The number of nitrogens with one attached hydrogen (secondary N) is 2. The van der Waals surface area contributed by atoms with Crippen LogP contribution in [-0.4, -0.2) is 43.0 Å². The van der Waals surface area contributed by atoms with Crippen LogP contribution in [0.2, 0.25) is 5.02 Å². The van der Waals surface area contributed by atoms with Crippen LogP contribution in [0, 0.1) is 12.8 Å². The number of carbonyl (C=O) groups is 2. The highest BCUT2D eigenvalue weighted by Gasteiger charge is 2.23. The summed E-state index contributed by atoms with van der Waals surface area (Å²) in [5.74, 6) is -0.316. The zero-order chi connectivity index (χ0) is 16.8. The van der Waals surface area contributed by atoms with E-state index in [0.717, 1.165) is 24.9 Å². The lowest BCUT2D eigenvalue weighted by atomic mass is 9.97. The number of primary amides is 1. The van der Waals surface area contributed by atoms with Crippen LogP contribution in [0.3, 0.4) is 0 Å². The number of benzene rings is 1. The minimum Gasteiger partial charge on any atom is -0.369 e. The number of amides is 3. The number of nitrogens with zero attached hydrogens (tertiary/aromatic N) is 1. The number of hydrogen-bond donors (Lipinski definition) is 3. The average molecular weight is 339 g/mol. The minimum absolute atomic E-state index is 0.0771. The van der Waals surface area contributed by atoms with Crippen molar-refractivity contribution in [1.29, 1.82) is 0 Å². The van der Waals surface area contributed by atoms with Crippen LogP contribution in [0.15, 0.2) is 18.2 Å². The largest absolute Gasteiger partial charge is 0.369 e. The Hall–Kier alpha value is -1.79. The van der Waals surface area contributed by atoms with E-state index in [4.69, 9.17) is 17.3 Å². The molecule has 0 spiro atoms. The molecule has 0 aliphatic carbocycles. The lowest BCUT2D eigenvalue weighted by Crippen LogP contribution is -2.44. The molecule has 2 rings (SSSR count). The lowest BCUT2D eigenvalue weighted by molar-refractivity contribution is -0.123. The Morgan fingerprint density at radius 3 is 2.96 bits per heavy atom. The molecule has 3 amide bonds. The van der Waals surface area contributed by atoms with Crippen LogP contribution in [0.25, 0.3) is 0 Å². The molecule has 1 aliphatic heterocycles. The number of anilines is 1. The maximum atomic E-state index is 11.9. The van der Waals surface area contributed by atoms with Gasteiger partial charge in [-0.2, -0.15) is 0 Å². The van der Waals surface area contributed by atoms with Crippen LogP contribution in [-0.2, 0) is 4.79 Å². The summed E-state index contributed by atoms with van der Waals surface area (Å²) in [4.78, 5) is 25.3. The second-order valence-electron chi connectivity index (χ2n) is 5.84. The maximum absolute atomic E-state index is 11.9. The van der Waals surface area contributed by atoms with E-state index in [1.165, 1.54) is 0 Å². The van der Waals surface area contributed by atoms with Gasteiger partial charge in [0.15, 0.2) is 0 Å². The van der Waals surface area contributed by atoms with Gasteiger partial charge in [0, 0.05) is 30.3 Å². The number of carbonyl (C=O) groups excluding carboxylic acids is 2. The number of likely N-dealkylation sites (tertiary alicyclic amines) is 1. The van der Waals surface area contributed by atoms with E-state index in [1.54, 1.807) is 12.1 Å². The van der Waals surface area contributed by atoms with Crippen LogP contribution in [0.5, 0.6) is 0 Å². The normalized spacial score (nSPS) is 18.4. The van der Waals surface area contributed by atoms with Crippen LogP contribution in [0.1, 0.15) is 18.4 Å². The first kappa shape index (κ1) is 17.6. The standard InChI is InChI=1S/C16H23ClN4O2/c1-11-13(17)5-2-6-14(11)20-16(23)19-7-9-21-8-3-4-12(10-21)15(18)22/h2,5-6,12H,3-4,7-10H2,1H3,(H2,18,22)(H2,19,20,23)/t12-/m1/s1. The first-order valence-corrected chi connectivity index (χ1v) is 8.17. The molecule has 6 nitrogen and oxygen atoms in total. The predicted octanol–water partition coefficient (Wildman–Crippen LogP) is 1.97. The summed E-state index contributed by atoms with van der Waals surface area (Å²) in [6.07, 6.45) is 1.81. The third kappa shape index (κ3) is 5.11. The van der Waals surface area contributed by atoms with E-state index < -0.39 is 0 Å². The second-order valence-corrected chi connectivity index (χ2v) is 6.24. The van der Waals surface area contributed by atoms with Crippen LogP contribution in [0.4, 0.5) is 10.5 Å². The van der Waals surface area contributed by atoms with Gasteiger partial charge in [-0.3, -0.25) is 4.79 Å². The zero-order valence-corrected chi connectivity index (χ0v) is 14.0. The van der Waals surface area contributed by atoms with E-state index in [0.29, 0.717) is 30.3 Å². The summed E-state index contributed by atoms with van der Waals surface area (Å²) in [7, 11) is 0. The fourth-order valence-corrected chi connectivity index (χ4v) is 2.90. The summed E-state index contributed by atoms with van der Waals surface area (Å²) in [6, 6.07) is 5.12. The molecular weight excluding hydrogens is 316 g/mol. The smallest absolute Gasteiger partial charge is 0.319 e. The summed E-state index contributed by atoms with van der Waals surface area (Å²) in [5.41, 5.74) is 6.90. The highest BCUT2D eigenvalue weighted by Crippen LogP contribution is 2.22. The van der Waals surface area contributed by atoms with Gasteiger partial charge in [0.1, 0.15) is 0 Å². The fourth-order valence-electron chi connectivity index (χ4n) is 2.73. The van der Waals surface area contributed by atoms with Gasteiger partial charge in [-0.05, 0) is 44.0 Å². The minimum atomic E-state index is -0.265. The van der Waals surface area contributed by atoms with Crippen molar-refractivity contribution in [2.45, 2.75) is 19.8 Å². The van der Waals surface area contributed by atoms with E-state index in [-0.39, 0.29) is 17.9 Å². The average Bonchev–Trinajstić information content (AvgIpc) is 2.52. The van der Waals surface area contributed by atoms with Crippen molar-refractivity contribution in [3.05, 3.63) is 28.8 Å². The van der Waals surface area contributed by atoms with Gasteiger partial charge in [-0.25, -0.2) is 4.79 Å². The van der Waals surface area contributed by atoms with E-state index >= 15 is 0 Å². The van der Waals surface area contributed by atoms with Gasteiger partial charge in [0.05, 0.1) is 5.92 Å². The van der Waals surface area contributed by atoms with Crippen molar-refractivity contribution in [2.24, 2.45) is 11.7 Å². The molecule has 1 heterocycles. The van der Waals surface area contributed by atoms with Crippen LogP contribution >= 0.6 is 11.6 Å². The Morgan fingerprint density at radius 1 is 1.43 bits per heavy atom. The monoisotopic (exact) mass is 338 g/mol. The summed E-state index contributed by atoms with van der Waals surface area (Å²) < 4.78 is 0. The maximum Gasteiger partial charge on any atom is 0.319 e. The highest BCUT2D eigenvalue weighted by atomic mass is 35.5. The SMILES string of the molecule is Cc1c(Cl)cccc1NC(=O)NCCN1CCC[C@@H](C(N)=O)C1. The molecule has 1 aliphatic rings. The van der Waals surface area contributed by atoms with Gasteiger partial charge >= 0.3 is 6.03 Å². The molecule has 0 bridgehead atoms. The topological polar surface area (TPSA) is 87.5 Å². The van der Waals surface area contributed by atoms with Crippen molar-refractivity contribution in [3.63, 3.8) is 0 Å². The Balaban J connectivity index is 1.74. The van der Waals surface area contributed by atoms with Gasteiger partial charge in [-0.15, -0.1) is 0 Å². The number of halogens is 1. The number of piperidine rings is 1. The molecule has 1 aromatic rings. The molecule has 1 atom stereocenters. The Bertz CT molecular complexity index is 579. The quantitative estimate of drug-likeness (QED) is 0.767. The molecule has 0 radical (unpaired) electrons. The number of hydrogen-bond acceptors (Lipinski definition) is 3. The number of urea groups is 1. The summed E-state index contributed by atoms with van der Waals surface area (Å²) >= 11 is 6.03. The molecule has 0 unspecified atom stereocenters. The molecule has 1 aromatic carbocycles. The van der Waals surface area contributed by atoms with Gasteiger partial charge in [0.25, 0.3) is 0 Å². The third-order valence-corrected chi connectivity index (χ3v) is 4.55. The van der Waals surface area contributed by atoms with Crippen LogP contribution < -0.4 is 16.4 Å². The van der Waals surface area contributed by atoms with Crippen molar-refractivity contribution >= 4 is 29.2 Å². The molecule has 0 aromatic heterocycles. The molecule has 4 N–H and O–H groups in total. The first-order valence-electron chi connectivity index (χ1n) is 7.79. The lowest BCUT2D eigenvalue weighted by Gasteiger charge is -2.31. The van der Waals surface area contributed by atoms with Crippen molar-refractivity contribution in [3.8, 4) is 0 Å². The fraction of sp³-hybridized carbons (Fsp3) is 0.500. The van der Waals surface area contributed by atoms with Gasteiger partial charge in [0.2, 0.25) is 5.91 Å². The van der Waals surface area contributed by atoms with Gasteiger partial charge < -0.3 is 21.3 Å². The number of rotatable bonds is 5. The molecular formula is C16H23ClN4O2. The molecule has 1 fully saturated rings. The highest BCUT2D eigenvalue weighted by molar-refractivity contribution is 6.31. The Labute approximate surface area is 141 Å². The van der Waals surface area contributed by atoms with Crippen molar-refractivity contribution in [1.82, 2.24) is 10.2 Å². The second kappa shape index (κ2) is 8.17. The Morgan fingerprint density at radius 2 is 2.22 bits per heavy atom. The third-order valence-electron chi connectivity index (χ3n) is 4.14. The number of nitrogens with two attached hydrogens (primary N) is 1. The van der Waals surface area contributed by atoms with Gasteiger partial charge in [-0.1, -0.05) is 17.7 Å². The summed E-state index contributed by atoms with van der Waals surface area (Å²) in [6.45, 7) is 4.67. The van der Waals surface area contributed by atoms with Crippen molar-refractivity contribution in [2.75, 3.05) is 31.5 Å². The Kier molecular flexibility index (Phi) is 6.24. The molecule has 7 heteroatoms. The van der Waals surface area contributed by atoms with Crippen molar-refractivity contribution < 1.29 is 9.59 Å². The van der Waals surface area contributed by atoms with E-state index in [2.05, 4.69) is 15.5 Å². The molecule has 0 saturated carbocycles. The van der Waals surface area contributed by atoms with E-state index in [9.17, 15) is 9.59 Å². The first-order chi connectivity index (χ1) is 11.0.